The van der Waals surface area contributed by atoms with Crippen molar-refractivity contribution in [2.45, 2.75) is 12.0 Å². The van der Waals surface area contributed by atoms with Crippen LogP contribution in [0.5, 0.6) is 0 Å². The van der Waals surface area contributed by atoms with Gasteiger partial charge in [0.1, 0.15) is 5.54 Å². The third-order valence-corrected chi connectivity index (χ3v) is 5.59. The fourth-order valence-corrected chi connectivity index (χ4v) is 4.38. The molecular weight excluding hydrogens is 294 g/mol. The first-order valence-corrected chi connectivity index (χ1v) is 8.25. The zero-order valence-electron chi connectivity index (χ0n) is 10.6. The Morgan fingerprint density at radius 2 is 2.15 bits per heavy atom. The Balaban J connectivity index is 1.86. The van der Waals surface area contributed by atoms with E-state index < -0.39 is 11.5 Å². The van der Waals surface area contributed by atoms with Gasteiger partial charge in [-0.3, -0.25) is 4.79 Å². The minimum absolute atomic E-state index is 0.317. The molecule has 3 rings (SSSR count). The summed E-state index contributed by atoms with van der Waals surface area (Å²) in [6.07, 6.45) is 0.472. The number of benzene rings is 1. The van der Waals surface area contributed by atoms with E-state index in [1.807, 2.05) is 17.5 Å². The second-order valence-electron chi connectivity index (χ2n) is 4.82. The van der Waals surface area contributed by atoms with Crippen LogP contribution in [0, 0.1) is 0 Å². The average Bonchev–Trinajstić information content (AvgIpc) is 3.06. The average molecular weight is 307 g/mol. The van der Waals surface area contributed by atoms with E-state index in [4.69, 9.17) is 0 Å². The zero-order valence-corrected chi connectivity index (χ0v) is 12.2. The molecule has 1 atom stereocenters. The predicted molar refractivity (Wildman–Crippen MR) is 81.6 cm³/mol. The third-order valence-electron chi connectivity index (χ3n) is 3.50. The summed E-state index contributed by atoms with van der Waals surface area (Å²) in [5.41, 5.74) is -0.612. The molecule has 0 spiro atoms. The van der Waals surface area contributed by atoms with E-state index >= 15 is 0 Å². The molecule has 0 aliphatic carbocycles. The summed E-state index contributed by atoms with van der Waals surface area (Å²) in [5, 5.41) is 15.1. The second kappa shape index (κ2) is 5.10. The largest absolute Gasteiger partial charge is 0.479 e. The summed E-state index contributed by atoms with van der Waals surface area (Å²) in [4.78, 5) is 23.7. The van der Waals surface area contributed by atoms with Crippen LogP contribution in [-0.2, 0) is 4.79 Å². The molecule has 6 heteroatoms. The minimum Gasteiger partial charge on any atom is -0.479 e. The number of amides is 1. The molecule has 104 valence electrons. The number of thiophene rings is 1. The number of hydrogen-bond donors (Lipinski definition) is 2. The van der Waals surface area contributed by atoms with Crippen molar-refractivity contribution in [2.75, 3.05) is 11.5 Å². The Bertz CT molecular complexity index is 674. The summed E-state index contributed by atoms with van der Waals surface area (Å²) in [6, 6.07) is 7.39. The Labute approximate surface area is 124 Å². The van der Waals surface area contributed by atoms with Gasteiger partial charge in [0.15, 0.2) is 0 Å². The maximum atomic E-state index is 12.3. The zero-order chi connectivity index (χ0) is 14.2. The molecule has 2 heterocycles. The van der Waals surface area contributed by atoms with Crippen molar-refractivity contribution in [3.63, 3.8) is 0 Å². The Morgan fingerprint density at radius 1 is 1.30 bits per heavy atom. The standard InChI is InChI=1S/C14H13NO3S2/c16-12(15-14(13(17)18)4-6-19-8-14)10-1-2-11-9(7-10)3-5-20-11/h1-3,5,7H,4,6,8H2,(H,15,16)(H,17,18). The minimum atomic E-state index is -1.12. The highest BCUT2D eigenvalue weighted by Crippen LogP contribution is 2.29. The van der Waals surface area contributed by atoms with Gasteiger partial charge in [-0.05, 0) is 47.2 Å². The molecule has 2 N–H and O–H groups in total. The molecule has 1 aliphatic heterocycles. The van der Waals surface area contributed by atoms with E-state index in [2.05, 4.69) is 5.32 Å². The van der Waals surface area contributed by atoms with Gasteiger partial charge in [-0.15, -0.1) is 11.3 Å². The summed E-state index contributed by atoms with van der Waals surface area (Å²) in [6.45, 7) is 0. The van der Waals surface area contributed by atoms with Crippen LogP contribution in [0.15, 0.2) is 29.6 Å². The summed E-state index contributed by atoms with van der Waals surface area (Å²) in [7, 11) is 0. The van der Waals surface area contributed by atoms with Crippen LogP contribution in [0.25, 0.3) is 10.1 Å². The number of rotatable bonds is 3. The molecule has 1 saturated heterocycles. The number of hydrogen-bond acceptors (Lipinski definition) is 4. The molecule has 0 radical (unpaired) electrons. The van der Waals surface area contributed by atoms with Gasteiger partial charge in [0.25, 0.3) is 5.91 Å². The topological polar surface area (TPSA) is 66.4 Å². The molecule has 4 nitrogen and oxygen atoms in total. The Kier molecular flexibility index (Phi) is 3.43. The molecule has 20 heavy (non-hydrogen) atoms. The first-order valence-electron chi connectivity index (χ1n) is 6.22. The normalized spacial score (nSPS) is 22.0. The Morgan fingerprint density at radius 3 is 2.85 bits per heavy atom. The highest BCUT2D eigenvalue weighted by atomic mass is 32.2. The fourth-order valence-electron chi connectivity index (χ4n) is 2.28. The van der Waals surface area contributed by atoms with Crippen molar-refractivity contribution in [3.05, 3.63) is 35.2 Å². The van der Waals surface area contributed by atoms with Gasteiger partial charge in [0.2, 0.25) is 0 Å². The van der Waals surface area contributed by atoms with Gasteiger partial charge in [0, 0.05) is 16.0 Å². The van der Waals surface area contributed by atoms with Crippen molar-refractivity contribution in [2.24, 2.45) is 0 Å². The molecular formula is C14H13NO3S2. The number of fused-ring (bicyclic) bond motifs is 1. The number of aliphatic carboxylic acids is 1. The van der Waals surface area contributed by atoms with E-state index in [0.29, 0.717) is 17.7 Å². The number of carbonyl (C=O) groups excluding carboxylic acids is 1. The van der Waals surface area contributed by atoms with Gasteiger partial charge in [-0.2, -0.15) is 11.8 Å². The maximum Gasteiger partial charge on any atom is 0.330 e. The third kappa shape index (κ3) is 2.29. The van der Waals surface area contributed by atoms with Gasteiger partial charge < -0.3 is 10.4 Å². The van der Waals surface area contributed by atoms with Crippen LogP contribution in [0.3, 0.4) is 0 Å². The highest BCUT2D eigenvalue weighted by molar-refractivity contribution is 7.99. The van der Waals surface area contributed by atoms with Crippen LogP contribution in [0.2, 0.25) is 0 Å². The van der Waals surface area contributed by atoms with E-state index in [9.17, 15) is 14.7 Å². The first-order chi connectivity index (χ1) is 9.61. The molecule has 1 aromatic heterocycles. The van der Waals surface area contributed by atoms with E-state index in [1.165, 1.54) is 0 Å². The number of carbonyl (C=O) groups is 2. The quantitative estimate of drug-likeness (QED) is 0.914. The van der Waals surface area contributed by atoms with Crippen LogP contribution >= 0.6 is 23.1 Å². The SMILES string of the molecule is O=C(NC1(C(=O)O)CCSC1)c1ccc2sccc2c1. The number of thioether (sulfide) groups is 1. The first kappa shape index (κ1) is 13.5. The summed E-state index contributed by atoms with van der Waals surface area (Å²) in [5.74, 6) is -0.0827. The fraction of sp³-hybridized carbons (Fsp3) is 0.286. The lowest BCUT2D eigenvalue weighted by atomic mass is 9.98. The number of carboxylic acids is 1. The van der Waals surface area contributed by atoms with Crippen LogP contribution in [0.1, 0.15) is 16.8 Å². The molecule has 0 saturated carbocycles. The van der Waals surface area contributed by atoms with Crippen molar-refractivity contribution >= 4 is 45.1 Å². The lowest BCUT2D eigenvalue weighted by Gasteiger charge is -2.24. The molecule has 0 bridgehead atoms. The summed E-state index contributed by atoms with van der Waals surface area (Å²) >= 11 is 3.17. The Hall–Kier alpha value is -1.53. The van der Waals surface area contributed by atoms with Gasteiger partial charge in [0.05, 0.1) is 0 Å². The molecule has 1 unspecified atom stereocenters. The van der Waals surface area contributed by atoms with Gasteiger partial charge in [-0.1, -0.05) is 0 Å². The predicted octanol–water partition coefficient (Wildman–Crippen LogP) is 2.59. The van der Waals surface area contributed by atoms with Crippen molar-refractivity contribution in [1.82, 2.24) is 5.32 Å². The molecule has 1 fully saturated rings. The molecule has 2 aromatic rings. The van der Waals surface area contributed by atoms with Crippen LogP contribution in [-0.4, -0.2) is 34.0 Å². The lowest BCUT2D eigenvalue weighted by molar-refractivity contribution is -0.143. The van der Waals surface area contributed by atoms with Crippen LogP contribution < -0.4 is 5.32 Å². The smallest absolute Gasteiger partial charge is 0.330 e. The number of carboxylic acid groups (broad SMARTS) is 1. The monoisotopic (exact) mass is 307 g/mol. The summed E-state index contributed by atoms with van der Waals surface area (Å²) < 4.78 is 1.12. The van der Waals surface area contributed by atoms with E-state index in [-0.39, 0.29) is 5.91 Å². The second-order valence-corrected chi connectivity index (χ2v) is 6.87. The molecule has 1 aromatic carbocycles. The van der Waals surface area contributed by atoms with Crippen molar-refractivity contribution in [1.29, 1.82) is 0 Å². The van der Waals surface area contributed by atoms with Crippen molar-refractivity contribution < 1.29 is 14.7 Å². The van der Waals surface area contributed by atoms with Gasteiger partial charge in [-0.25, -0.2) is 4.79 Å². The molecule has 1 aliphatic rings. The lowest BCUT2D eigenvalue weighted by Crippen LogP contribution is -2.54. The number of nitrogens with one attached hydrogen (secondary N) is 1. The van der Waals surface area contributed by atoms with Crippen molar-refractivity contribution in [3.8, 4) is 0 Å². The molecule has 1 amide bonds. The van der Waals surface area contributed by atoms with E-state index in [1.54, 1.807) is 35.2 Å². The highest BCUT2D eigenvalue weighted by Gasteiger charge is 2.43. The van der Waals surface area contributed by atoms with Gasteiger partial charge >= 0.3 is 5.97 Å². The maximum absolute atomic E-state index is 12.3. The van der Waals surface area contributed by atoms with Crippen LogP contribution in [0.4, 0.5) is 0 Å². The van der Waals surface area contributed by atoms with E-state index in [0.717, 1.165) is 15.8 Å².